The molecule has 5 N–H and O–H groups in total. The highest BCUT2D eigenvalue weighted by atomic mass is 79.9. The van der Waals surface area contributed by atoms with Gasteiger partial charge in [-0.25, -0.2) is 40.3 Å². The molecule has 4 aromatic rings. The predicted octanol–water partition coefficient (Wildman–Crippen LogP) is 9.30. The minimum atomic E-state index is -3.73. The van der Waals surface area contributed by atoms with E-state index in [4.69, 9.17) is 39.6 Å². The van der Waals surface area contributed by atoms with Crippen LogP contribution in [0.4, 0.5) is 8.78 Å². The number of carbonyl (C=O) groups excluding carboxylic acids is 2. The third-order valence-electron chi connectivity index (χ3n) is 10.2. The van der Waals surface area contributed by atoms with Gasteiger partial charge in [-0.05, 0) is 145 Å². The summed E-state index contributed by atoms with van der Waals surface area (Å²) in [7, 11) is -2.40. The number of sulfonamides is 1. The van der Waals surface area contributed by atoms with Crippen LogP contribution in [-0.2, 0) is 28.7 Å². The van der Waals surface area contributed by atoms with E-state index in [-0.39, 0.29) is 79.5 Å². The first-order chi connectivity index (χ1) is 28.6. The number of nitrogens with one attached hydrogen (secondary N) is 3. The smallest absolute Gasteiger partial charge is 0.262 e. The van der Waals surface area contributed by atoms with E-state index in [1.807, 2.05) is 13.8 Å². The maximum atomic E-state index is 13.1. The van der Waals surface area contributed by atoms with Crippen molar-refractivity contribution in [3.8, 4) is 0 Å². The van der Waals surface area contributed by atoms with Crippen molar-refractivity contribution in [2.24, 2.45) is 17.6 Å². The predicted molar refractivity (Wildman–Crippen MR) is 239 cm³/mol. The van der Waals surface area contributed by atoms with Crippen molar-refractivity contribution in [3.63, 3.8) is 0 Å². The highest BCUT2D eigenvalue weighted by Gasteiger charge is 2.30. The third kappa shape index (κ3) is 16.0. The lowest BCUT2D eigenvalue weighted by atomic mass is 9.85. The highest BCUT2D eigenvalue weighted by molar-refractivity contribution is 9.10. The second kappa shape index (κ2) is 23.2. The standard InChI is InChI=1S/C20H22BrClFN3O3S.C15H21FN2O.C5H2BrCl2NO2S/c1-12(13-2-6-15(23)7-3-13)25-20(27)14-4-8-16(9-5-14)26-30(28,29)17-10-18(21)19(22)24-11-17;1-10(11-2-6-13(16)7-3-11)18-15(19)12-4-8-14(17)9-5-12;6-4-1-3(12(8,10)11)2-9-5(4)7/h2-3,6-7,10-12,14,16,26H,4-5,8-9H2,1H3,(H,25,27);2-3,6-7,10,12,14H,4-5,8-9,17H2,1H3,(H,18,19);1-2H/t12-,14?,16?;10-,12?,14?;/m11./s1. The lowest BCUT2D eigenvalue weighted by molar-refractivity contribution is -0.127. The van der Waals surface area contributed by atoms with Gasteiger partial charge >= 0.3 is 0 Å². The molecule has 2 aliphatic carbocycles. The van der Waals surface area contributed by atoms with Crippen molar-refractivity contribution >= 4 is 96.6 Å². The molecule has 61 heavy (non-hydrogen) atoms. The van der Waals surface area contributed by atoms with Crippen LogP contribution in [0.1, 0.15) is 88.4 Å². The van der Waals surface area contributed by atoms with E-state index >= 15 is 0 Å². The maximum Gasteiger partial charge on any atom is 0.262 e. The lowest BCUT2D eigenvalue weighted by Gasteiger charge is -2.29. The number of benzene rings is 2. The molecule has 0 unspecified atom stereocenters. The zero-order valence-corrected chi connectivity index (χ0v) is 40.0. The normalized spacial score (nSPS) is 20.1. The largest absolute Gasteiger partial charge is 0.349 e. The number of amides is 2. The fourth-order valence-corrected chi connectivity index (χ4v) is 9.74. The summed E-state index contributed by atoms with van der Waals surface area (Å²) in [6.45, 7) is 3.77. The summed E-state index contributed by atoms with van der Waals surface area (Å²) in [4.78, 5) is 32.1. The summed E-state index contributed by atoms with van der Waals surface area (Å²) >= 11 is 17.6. The average Bonchev–Trinajstić information content (AvgIpc) is 3.20. The first kappa shape index (κ1) is 50.8. The number of aromatic nitrogens is 2. The second-order valence-electron chi connectivity index (χ2n) is 14.7. The van der Waals surface area contributed by atoms with Crippen LogP contribution in [-0.4, -0.2) is 50.7 Å². The van der Waals surface area contributed by atoms with Crippen molar-refractivity contribution in [1.29, 1.82) is 0 Å². The molecule has 0 saturated heterocycles. The van der Waals surface area contributed by atoms with Gasteiger partial charge in [0.1, 0.15) is 31.7 Å². The number of pyridine rings is 2. The molecule has 0 aliphatic heterocycles. The average molecular weight is 1070 g/mol. The summed E-state index contributed by atoms with van der Waals surface area (Å²) in [5, 5.41) is 6.34. The van der Waals surface area contributed by atoms with Crippen molar-refractivity contribution in [3.05, 3.63) is 115 Å². The van der Waals surface area contributed by atoms with Crippen molar-refractivity contribution in [2.75, 3.05) is 0 Å². The van der Waals surface area contributed by atoms with Gasteiger partial charge in [-0.15, -0.1) is 0 Å². The van der Waals surface area contributed by atoms with Crippen LogP contribution in [0.2, 0.25) is 10.3 Å². The van der Waals surface area contributed by atoms with Crippen molar-refractivity contribution in [2.45, 2.75) is 99.2 Å². The Morgan fingerprint density at radius 2 is 1.07 bits per heavy atom. The molecule has 2 aromatic heterocycles. The van der Waals surface area contributed by atoms with Crippen LogP contribution in [0.5, 0.6) is 0 Å². The van der Waals surface area contributed by atoms with Crippen LogP contribution in [0.3, 0.4) is 0 Å². The van der Waals surface area contributed by atoms with Crippen LogP contribution >= 0.6 is 65.7 Å². The van der Waals surface area contributed by atoms with Gasteiger partial charge in [0.2, 0.25) is 21.8 Å². The molecule has 0 bridgehead atoms. The van der Waals surface area contributed by atoms with Crippen molar-refractivity contribution < 1.29 is 35.2 Å². The molecule has 332 valence electrons. The molecule has 0 radical (unpaired) electrons. The van der Waals surface area contributed by atoms with E-state index in [9.17, 15) is 35.2 Å². The first-order valence-electron chi connectivity index (χ1n) is 19.1. The third-order valence-corrected chi connectivity index (χ3v) is 15.2. The van der Waals surface area contributed by atoms with Gasteiger partial charge in [0, 0.05) is 47.0 Å². The number of rotatable bonds is 10. The van der Waals surface area contributed by atoms with E-state index < -0.39 is 19.1 Å². The van der Waals surface area contributed by atoms with Gasteiger partial charge in [0.05, 0.1) is 21.0 Å². The molecule has 6 rings (SSSR count). The molecule has 2 aliphatic rings. The van der Waals surface area contributed by atoms with Gasteiger partial charge in [0.25, 0.3) is 9.05 Å². The molecule has 2 saturated carbocycles. The number of nitrogens with zero attached hydrogens (tertiary/aromatic N) is 2. The zero-order chi connectivity index (χ0) is 45.1. The minimum Gasteiger partial charge on any atom is -0.349 e. The van der Waals surface area contributed by atoms with Gasteiger partial charge in [0.15, 0.2) is 0 Å². The van der Waals surface area contributed by atoms with E-state index in [0.29, 0.717) is 34.6 Å². The molecule has 2 amide bonds. The van der Waals surface area contributed by atoms with Gasteiger partial charge < -0.3 is 16.4 Å². The number of nitrogens with two attached hydrogens (primary N) is 1. The monoisotopic (exact) mass is 1070 g/mol. The molecule has 2 heterocycles. The van der Waals surface area contributed by atoms with Gasteiger partial charge in [-0.1, -0.05) is 47.5 Å². The summed E-state index contributed by atoms with van der Waals surface area (Å²) in [5.74, 6) is -0.672. The van der Waals surface area contributed by atoms with Gasteiger partial charge in [-0.2, -0.15) is 0 Å². The fraction of sp³-hybridized carbons (Fsp3) is 0.400. The van der Waals surface area contributed by atoms with E-state index in [2.05, 4.69) is 57.2 Å². The van der Waals surface area contributed by atoms with E-state index in [1.54, 1.807) is 24.3 Å². The minimum absolute atomic E-state index is 0.0340. The molecule has 12 nitrogen and oxygen atoms in total. The Morgan fingerprint density at radius 3 is 1.46 bits per heavy atom. The van der Waals surface area contributed by atoms with E-state index in [1.165, 1.54) is 42.6 Å². The molecular formula is C40H45Br2Cl3F2N6O6S2. The Hall–Kier alpha value is -2.81. The zero-order valence-electron chi connectivity index (χ0n) is 32.9. The summed E-state index contributed by atoms with van der Waals surface area (Å²) in [5.41, 5.74) is 7.58. The molecule has 0 spiro atoms. The quantitative estimate of drug-likeness (QED) is 0.0886. The second-order valence-corrected chi connectivity index (χ2v) is 21.4. The Balaban J connectivity index is 0.000000224. The summed E-state index contributed by atoms with van der Waals surface area (Å²) < 4.78 is 76.1. The molecule has 2 fully saturated rings. The number of hydrogen-bond acceptors (Lipinski definition) is 9. The molecule has 21 heteroatoms. The Bertz CT molecular complexity index is 2340. The highest BCUT2D eigenvalue weighted by Crippen LogP contribution is 2.29. The van der Waals surface area contributed by atoms with Crippen LogP contribution in [0, 0.1) is 23.5 Å². The van der Waals surface area contributed by atoms with Crippen LogP contribution in [0.15, 0.2) is 91.8 Å². The molecule has 2 aromatic carbocycles. The number of halogens is 7. The molecular weight excluding hydrogens is 1030 g/mol. The SMILES string of the molecule is C[C@@H](NC(=O)C1CCC(N)CC1)c1ccc(F)cc1.C[C@@H](NC(=O)C1CCC(NS(=O)(=O)c2cnc(Cl)c(Br)c2)CC1)c1ccc(F)cc1.O=S(=O)(Cl)c1cnc(Cl)c(Br)c1. The van der Waals surface area contributed by atoms with Crippen LogP contribution < -0.4 is 21.1 Å². The maximum absolute atomic E-state index is 13.1. The number of hydrogen-bond donors (Lipinski definition) is 4. The Morgan fingerprint density at radius 1 is 0.689 bits per heavy atom. The van der Waals surface area contributed by atoms with Gasteiger partial charge in [-0.3, -0.25) is 9.59 Å². The van der Waals surface area contributed by atoms with E-state index in [0.717, 1.165) is 43.0 Å². The van der Waals surface area contributed by atoms with Crippen molar-refractivity contribution in [1.82, 2.24) is 25.3 Å². The fourth-order valence-electron chi connectivity index (χ4n) is 6.56. The lowest BCUT2D eigenvalue weighted by Crippen LogP contribution is -2.41. The van der Waals surface area contributed by atoms with Crippen LogP contribution in [0.25, 0.3) is 0 Å². The first-order valence-corrected chi connectivity index (χ1v) is 25.2. The Kier molecular flexibility index (Phi) is 19.3. The summed E-state index contributed by atoms with van der Waals surface area (Å²) in [6, 6.07) is 14.6. The Labute approximate surface area is 386 Å². The summed E-state index contributed by atoms with van der Waals surface area (Å²) in [6.07, 6.45) is 8.16. The molecule has 2 atom stereocenters. The topological polar surface area (TPSA) is 190 Å². The number of carbonyl (C=O) groups is 2.